The summed E-state index contributed by atoms with van der Waals surface area (Å²) in [5, 5.41) is 8.97. The predicted molar refractivity (Wildman–Crippen MR) is 72.3 cm³/mol. The lowest BCUT2D eigenvalue weighted by molar-refractivity contribution is 0.209. The predicted octanol–water partition coefficient (Wildman–Crippen LogP) is 1.07. The van der Waals surface area contributed by atoms with Crippen molar-refractivity contribution >= 4 is 11.5 Å². The summed E-state index contributed by atoms with van der Waals surface area (Å²) in [5.41, 5.74) is 6.98. The average Bonchev–Trinajstić information content (AvgIpc) is 2.39. The molecule has 0 unspecified atom stereocenters. The van der Waals surface area contributed by atoms with Crippen molar-refractivity contribution in [2.75, 3.05) is 36.8 Å². The zero-order valence-electron chi connectivity index (χ0n) is 10.9. The molecular weight excluding hydrogens is 226 g/mol. The van der Waals surface area contributed by atoms with Gasteiger partial charge < -0.3 is 10.6 Å². The van der Waals surface area contributed by atoms with Crippen LogP contribution in [0.15, 0.2) is 12.3 Å². The molecule has 5 nitrogen and oxygen atoms in total. The maximum atomic E-state index is 8.97. The third kappa shape index (κ3) is 2.39. The Kier molecular flexibility index (Phi) is 3.68. The van der Waals surface area contributed by atoms with Gasteiger partial charge in [-0.2, -0.15) is 5.26 Å². The van der Waals surface area contributed by atoms with Crippen molar-refractivity contribution in [2.45, 2.75) is 19.9 Å². The number of hydrogen-bond donors (Lipinski definition) is 1. The molecule has 0 spiro atoms. The lowest BCUT2D eigenvalue weighted by Gasteiger charge is -2.37. The fourth-order valence-corrected chi connectivity index (χ4v) is 2.26. The van der Waals surface area contributed by atoms with Crippen LogP contribution in [-0.4, -0.2) is 42.1 Å². The van der Waals surface area contributed by atoms with E-state index in [1.54, 1.807) is 12.3 Å². The monoisotopic (exact) mass is 245 g/mol. The molecule has 1 aromatic heterocycles. The fraction of sp³-hybridized carbons (Fsp3) is 0.538. The molecule has 0 bridgehead atoms. The maximum Gasteiger partial charge on any atom is 0.153 e. The molecule has 5 heteroatoms. The van der Waals surface area contributed by atoms with Crippen LogP contribution in [0.25, 0.3) is 0 Å². The number of pyridine rings is 1. The number of nitriles is 1. The van der Waals surface area contributed by atoms with Crippen LogP contribution < -0.4 is 10.6 Å². The van der Waals surface area contributed by atoms with Gasteiger partial charge in [-0.1, -0.05) is 0 Å². The van der Waals surface area contributed by atoms with Crippen molar-refractivity contribution in [3.8, 4) is 6.07 Å². The summed E-state index contributed by atoms with van der Waals surface area (Å²) >= 11 is 0. The molecule has 96 valence electrons. The Balaban J connectivity index is 2.13. The molecule has 2 heterocycles. The molecule has 0 amide bonds. The molecule has 1 aliphatic heterocycles. The van der Waals surface area contributed by atoms with E-state index in [0.29, 0.717) is 17.3 Å². The molecule has 1 fully saturated rings. The lowest BCUT2D eigenvalue weighted by atomic mass is 10.2. The maximum absolute atomic E-state index is 8.97. The molecule has 1 saturated heterocycles. The van der Waals surface area contributed by atoms with Crippen molar-refractivity contribution in [3.63, 3.8) is 0 Å². The van der Waals surface area contributed by atoms with E-state index in [1.165, 1.54) is 0 Å². The first-order chi connectivity index (χ1) is 8.63. The van der Waals surface area contributed by atoms with Crippen LogP contribution >= 0.6 is 0 Å². The summed E-state index contributed by atoms with van der Waals surface area (Å²) in [6.07, 6.45) is 1.65. The van der Waals surface area contributed by atoms with Crippen LogP contribution in [0.2, 0.25) is 0 Å². The lowest BCUT2D eigenvalue weighted by Crippen LogP contribution is -2.49. The van der Waals surface area contributed by atoms with E-state index < -0.39 is 0 Å². The first kappa shape index (κ1) is 12.7. The number of aromatic nitrogens is 1. The van der Waals surface area contributed by atoms with Gasteiger partial charge in [-0.15, -0.1) is 0 Å². The van der Waals surface area contributed by atoms with Crippen molar-refractivity contribution in [1.29, 1.82) is 5.26 Å². The Morgan fingerprint density at radius 3 is 2.56 bits per heavy atom. The van der Waals surface area contributed by atoms with Gasteiger partial charge in [0.05, 0.1) is 11.3 Å². The fourth-order valence-electron chi connectivity index (χ4n) is 2.26. The first-order valence-electron chi connectivity index (χ1n) is 6.27. The number of nitrogens with two attached hydrogens (primary N) is 1. The molecule has 1 aromatic rings. The van der Waals surface area contributed by atoms with Crippen molar-refractivity contribution < 1.29 is 0 Å². The Morgan fingerprint density at radius 2 is 2.00 bits per heavy atom. The summed E-state index contributed by atoms with van der Waals surface area (Å²) < 4.78 is 0. The third-order valence-electron chi connectivity index (χ3n) is 3.43. The summed E-state index contributed by atoms with van der Waals surface area (Å²) in [6, 6.07) is 4.33. The zero-order valence-corrected chi connectivity index (χ0v) is 10.9. The first-order valence-corrected chi connectivity index (χ1v) is 6.27. The molecule has 0 atom stereocenters. The Morgan fingerprint density at radius 1 is 1.33 bits per heavy atom. The summed E-state index contributed by atoms with van der Waals surface area (Å²) in [6.45, 7) is 8.25. The minimum Gasteiger partial charge on any atom is -0.395 e. The molecule has 2 N–H and O–H groups in total. The topological polar surface area (TPSA) is 69.2 Å². The van der Waals surface area contributed by atoms with E-state index in [4.69, 9.17) is 11.0 Å². The number of nitrogen functional groups attached to an aromatic ring is 1. The standard InChI is InChI=1S/C13H19N5/c1-10(2)17-5-7-18(8-6-17)13-12(15)11(9-14)3-4-16-13/h3-4,10H,5-8,15H2,1-2H3. The van der Waals surface area contributed by atoms with Gasteiger partial charge in [-0.25, -0.2) is 4.98 Å². The van der Waals surface area contributed by atoms with Gasteiger partial charge in [0, 0.05) is 38.4 Å². The highest BCUT2D eigenvalue weighted by molar-refractivity contribution is 5.70. The Hall–Kier alpha value is -1.80. The Labute approximate surface area is 108 Å². The van der Waals surface area contributed by atoms with Crippen LogP contribution in [0.5, 0.6) is 0 Å². The zero-order chi connectivity index (χ0) is 13.1. The van der Waals surface area contributed by atoms with Gasteiger partial charge in [0.1, 0.15) is 6.07 Å². The van der Waals surface area contributed by atoms with Crippen LogP contribution in [0.3, 0.4) is 0 Å². The number of piperazine rings is 1. The van der Waals surface area contributed by atoms with Crippen molar-refractivity contribution in [3.05, 3.63) is 17.8 Å². The van der Waals surface area contributed by atoms with Gasteiger partial charge in [0.25, 0.3) is 0 Å². The highest BCUT2D eigenvalue weighted by atomic mass is 15.3. The second kappa shape index (κ2) is 5.23. The quantitative estimate of drug-likeness (QED) is 0.844. The van der Waals surface area contributed by atoms with Gasteiger partial charge in [0.15, 0.2) is 5.82 Å². The minimum absolute atomic E-state index is 0.498. The van der Waals surface area contributed by atoms with Gasteiger partial charge in [0.2, 0.25) is 0 Å². The SMILES string of the molecule is CC(C)N1CCN(c2nccc(C#N)c2N)CC1. The van der Waals surface area contributed by atoms with Gasteiger partial charge in [-0.05, 0) is 19.9 Å². The molecular formula is C13H19N5. The van der Waals surface area contributed by atoms with E-state index >= 15 is 0 Å². The molecule has 1 aliphatic rings. The second-order valence-corrected chi connectivity index (χ2v) is 4.82. The van der Waals surface area contributed by atoms with E-state index in [0.717, 1.165) is 32.0 Å². The molecule has 0 radical (unpaired) electrons. The highest BCUT2D eigenvalue weighted by Crippen LogP contribution is 2.24. The van der Waals surface area contributed by atoms with E-state index in [2.05, 4.69) is 34.7 Å². The molecule has 0 aliphatic carbocycles. The van der Waals surface area contributed by atoms with Gasteiger partial charge >= 0.3 is 0 Å². The molecule has 0 saturated carbocycles. The Bertz CT molecular complexity index is 455. The van der Waals surface area contributed by atoms with Crippen LogP contribution in [0.4, 0.5) is 11.5 Å². The highest BCUT2D eigenvalue weighted by Gasteiger charge is 2.21. The van der Waals surface area contributed by atoms with E-state index in [-0.39, 0.29) is 0 Å². The normalized spacial score (nSPS) is 16.9. The van der Waals surface area contributed by atoms with Crippen LogP contribution in [0, 0.1) is 11.3 Å². The number of hydrogen-bond acceptors (Lipinski definition) is 5. The van der Waals surface area contributed by atoms with Crippen LogP contribution in [0.1, 0.15) is 19.4 Å². The van der Waals surface area contributed by atoms with Gasteiger partial charge in [-0.3, -0.25) is 4.90 Å². The third-order valence-corrected chi connectivity index (χ3v) is 3.43. The summed E-state index contributed by atoms with van der Waals surface area (Å²) in [4.78, 5) is 8.90. The summed E-state index contributed by atoms with van der Waals surface area (Å²) in [7, 11) is 0. The number of nitrogens with zero attached hydrogens (tertiary/aromatic N) is 4. The molecule has 2 rings (SSSR count). The number of rotatable bonds is 2. The minimum atomic E-state index is 0.498. The largest absolute Gasteiger partial charge is 0.395 e. The van der Waals surface area contributed by atoms with Crippen molar-refractivity contribution in [2.24, 2.45) is 0 Å². The second-order valence-electron chi connectivity index (χ2n) is 4.82. The van der Waals surface area contributed by atoms with E-state index in [9.17, 15) is 0 Å². The molecule has 0 aromatic carbocycles. The smallest absolute Gasteiger partial charge is 0.153 e. The molecule has 18 heavy (non-hydrogen) atoms. The van der Waals surface area contributed by atoms with Crippen molar-refractivity contribution in [1.82, 2.24) is 9.88 Å². The van der Waals surface area contributed by atoms with E-state index in [1.807, 2.05) is 0 Å². The summed E-state index contributed by atoms with van der Waals surface area (Å²) in [5.74, 6) is 0.748. The average molecular weight is 245 g/mol. The number of anilines is 2. The van der Waals surface area contributed by atoms with Crippen LogP contribution in [-0.2, 0) is 0 Å².